The lowest BCUT2D eigenvalue weighted by atomic mass is 9.82. The lowest BCUT2D eigenvalue weighted by Crippen LogP contribution is -2.37. The Bertz CT molecular complexity index is 368. The summed E-state index contributed by atoms with van der Waals surface area (Å²) in [4.78, 5) is 15.9. The third kappa shape index (κ3) is 2.03. The van der Waals surface area contributed by atoms with E-state index < -0.39 is 0 Å². The van der Waals surface area contributed by atoms with Crippen LogP contribution in [0.25, 0.3) is 0 Å². The summed E-state index contributed by atoms with van der Waals surface area (Å²) < 4.78 is 0. The average Bonchev–Trinajstić information content (AvgIpc) is 2.68. The lowest BCUT2D eigenvalue weighted by Gasteiger charge is -2.31. The number of piperidine rings is 1. The molecule has 2 rings (SSSR count). The predicted octanol–water partition coefficient (Wildman–Crippen LogP) is 0.883. The molecule has 4 nitrogen and oxygen atoms in total. The quantitative estimate of drug-likeness (QED) is 0.785. The molecule has 15 heavy (non-hydrogen) atoms. The molecule has 5 heteroatoms. The van der Waals surface area contributed by atoms with Gasteiger partial charge in [-0.05, 0) is 25.9 Å². The molecule has 1 aromatic heterocycles. The number of hydrogen-bond donors (Lipinski definition) is 2. The third-order valence-electron chi connectivity index (χ3n) is 2.97. The smallest absolute Gasteiger partial charge is 0.260 e. The Hall–Kier alpha value is -0.940. The van der Waals surface area contributed by atoms with E-state index in [-0.39, 0.29) is 11.3 Å². The molecule has 0 atom stereocenters. The number of primary amides is 1. The zero-order valence-electron chi connectivity index (χ0n) is 8.75. The second-order valence-corrected chi connectivity index (χ2v) is 5.24. The monoisotopic (exact) mass is 225 g/mol. The summed E-state index contributed by atoms with van der Waals surface area (Å²) in [6.07, 6.45) is 3.73. The number of nitrogens with one attached hydrogen (secondary N) is 1. The van der Waals surface area contributed by atoms with Crippen LogP contribution in [0, 0.1) is 0 Å². The van der Waals surface area contributed by atoms with Crippen LogP contribution in [0.1, 0.15) is 34.4 Å². The van der Waals surface area contributed by atoms with Crippen LogP contribution in [0.4, 0.5) is 0 Å². The molecular formula is C10H15N3OS. The van der Waals surface area contributed by atoms with Gasteiger partial charge in [0.05, 0.1) is 11.2 Å². The molecule has 3 N–H and O–H groups in total. The van der Waals surface area contributed by atoms with E-state index in [1.165, 1.54) is 11.3 Å². The summed E-state index contributed by atoms with van der Waals surface area (Å²) in [5.41, 5.74) is 5.33. The van der Waals surface area contributed by atoms with Gasteiger partial charge in [0.1, 0.15) is 4.88 Å². The van der Waals surface area contributed by atoms with Crippen molar-refractivity contribution < 1.29 is 4.79 Å². The average molecular weight is 225 g/mol. The Balaban J connectivity index is 2.23. The number of carbonyl (C=O) groups is 1. The van der Waals surface area contributed by atoms with E-state index in [2.05, 4.69) is 17.2 Å². The molecule has 2 heterocycles. The van der Waals surface area contributed by atoms with E-state index in [0.717, 1.165) is 30.9 Å². The minimum Gasteiger partial charge on any atom is -0.365 e. The van der Waals surface area contributed by atoms with Crippen LogP contribution in [-0.4, -0.2) is 24.0 Å². The maximum atomic E-state index is 11.0. The molecule has 1 fully saturated rings. The van der Waals surface area contributed by atoms with Gasteiger partial charge in [0, 0.05) is 5.41 Å². The van der Waals surface area contributed by atoms with Crippen molar-refractivity contribution in [2.24, 2.45) is 5.73 Å². The summed E-state index contributed by atoms with van der Waals surface area (Å²) in [6, 6.07) is 0. The van der Waals surface area contributed by atoms with Gasteiger partial charge in [-0.25, -0.2) is 4.98 Å². The van der Waals surface area contributed by atoms with Gasteiger partial charge in [-0.1, -0.05) is 6.92 Å². The lowest BCUT2D eigenvalue weighted by molar-refractivity contribution is 0.100. The summed E-state index contributed by atoms with van der Waals surface area (Å²) in [5.74, 6) is -0.378. The van der Waals surface area contributed by atoms with Crippen molar-refractivity contribution in [1.29, 1.82) is 0 Å². The molecule has 1 amide bonds. The fourth-order valence-electron chi connectivity index (χ4n) is 1.86. The largest absolute Gasteiger partial charge is 0.365 e. The van der Waals surface area contributed by atoms with Gasteiger partial charge >= 0.3 is 0 Å². The standard InChI is InChI=1S/C10H15N3OS/c1-10(2-4-12-5-3-10)9-13-6-7(15-9)8(11)14/h6,12H,2-5H2,1H3,(H2,11,14). The molecule has 1 aromatic rings. The van der Waals surface area contributed by atoms with Gasteiger partial charge in [0.25, 0.3) is 5.91 Å². The molecule has 0 unspecified atom stereocenters. The summed E-state index contributed by atoms with van der Waals surface area (Å²) in [7, 11) is 0. The summed E-state index contributed by atoms with van der Waals surface area (Å²) >= 11 is 1.43. The van der Waals surface area contributed by atoms with E-state index in [9.17, 15) is 4.79 Å². The van der Waals surface area contributed by atoms with Gasteiger partial charge in [-0.3, -0.25) is 4.79 Å². The molecule has 0 aliphatic carbocycles. The number of nitrogens with two attached hydrogens (primary N) is 1. The predicted molar refractivity (Wildman–Crippen MR) is 60.1 cm³/mol. The molecule has 0 aromatic carbocycles. The second kappa shape index (κ2) is 3.90. The minimum absolute atomic E-state index is 0.115. The number of nitrogens with zero attached hydrogens (tertiary/aromatic N) is 1. The molecule has 0 radical (unpaired) electrons. The first-order chi connectivity index (χ1) is 7.12. The number of hydrogen-bond acceptors (Lipinski definition) is 4. The van der Waals surface area contributed by atoms with Crippen molar-refractivity contribution in [2.45, 2.75) is 25.2 Å². The van der Waals surface area contributed by atoms with E-state index >= 15 is 0 Å². The van der Waals surface area contributed by atoms with Crippen LogP contribution >= 0.6 is 11.3 Å². The Morgan fingerprint density at radius 2 is 2.27 bits per heavy atom. The summed E-state index contributed by atoms with van der Waals surface area (Å²) in [6.45, 7) is 4.24. The number of rotatable bonds is 2. The van der Waals surface area contributed by atoms with E-state index in [1.807, 2.05) is 0 Å². The maximum Gasteiger partial charge on any atom is 0.260 e. The Labute approximate surface area is 92.9 Å². The molecule has 82 valence electrons. The minimum atomic E-state index is -0.378. The first-order valence-corrected chi connectivity index (χ1v) is 5.90. The zero-order valence-corrected chi connectivity index (χ0v) is 9.56. The van der Waals surface area contributed by atoms with Crippen LogP contribution in [0.2, 0.25) is 0 Å². The van der Waals surface area contributed by atoms with Gasteiger partial charge in [-0.15, -0.1) is 11.3 Å². The van der Waals surface area contributed by atoms with Gasteiger partial charge < -0.3 is 11.1 Å². The highest BCUT2D eigenvalue weighted by Gasteiger charge is 2.31. The highest BCUT2D eigenvalue weighted by atomic mass is 32.1. The van der Waals surface area contributed by atoms with Crippen LogP contribution in [-0.2, 0) is 5.41 Å². The molecule has 1 aliphatic rings. The second-order valence-electron chi connectivity index (χ2n) is 4.20. The molecular weight excluding hydrogens is 210 g/mol. The number of carbonyl (C=O) groups excluding carboxylic acids is 1. The number of amides is 1. The third-order valence-corrected chi connectivity index (χ3v) is 4.29. The van der Waals surface area contributed by atoms with Crippen molar-refractivity contribution in [3.63, 3.8) is 0 Å². The van der Waals surface area contributed by atoms with Gasteiger partial charge in [0.2, 0.25) is 0 Å². The number of thiazole rings is 1. The van der Waals surface area contributed by atoms with Crippen molar-refractivity contribution >= 4 is 17.2 Å². The molecule has 1 saturated heterocycles. The Morgan fingerprint density at radius 1 is 1.60 bits per heavy atom. The van der Waals surface area contributed by atoms with Gasteiger partial charge in [0.15, 0.2) is 0 Å². The molecule has 1 aliphatic heterocycles. The fourth-order valence-corrected chi connectivity index (χ4v) is 2.83. The SMILES string of the molecule is CC1(c2ncc(C(N)=O)s2)CCNCC1. The van der Waals surface area contributed by atoms with Crippen molar-refractivity contribution in [3.8, 4) is 0 Å². The van der Waals surface area contributed by atoms with E-state index in [1.54, 1.807) is 6.20 Å². The van der Waals surface area contributed by atoms with E-state index in [0.29, 0.717) is 4.88 Å². The van der Waals surface area contributed by atoms with Crippen molar-refractivity contribution in [2.75, 3.05) is 13.1 Å². The highest BCUT2D eigenvalue weighted by molar-refractivity contribution is 7.13. The normalized spacial score (nSPS) is 20.1. The Kier molecular flexibility index (Phi) is 2.75. The highest BCUT2D eigenvalue weighted by Crippen LogP contribution is 2.35. The van der Waals surface area contributed by atoms with Gasteiger partial charge in [-0.2, -0.15) is 0 Å². The van der Waals surface area contributed by atoms with Crippen LogP contribution in [0.3, 0.4) is 0 Å². The van der Waals surface area contributed by atoms with E-state index in [4.69, 9.17) is 5.73 Å². The number of aromatic nitrogens is 1. The molecule has 0 bridgehead atoms. The topological polar surface area (TPSA) is 68.0 Å². The molecule has 0 spiro atoms. The maximum absolute atomic E-state index is 11.0. The van der Waals surface area contributed by atoms with Crippen LogP contribution < -0.4 is 11.1 Å². The Morgan fingerprint density at radius 3 is 2.80 bits per heavy atom. The van der Waals surface area contributed by atoms with Crippen LogP contribution in [0.15, 0.2) is 6.20 Å². The molecule has 0 saturated carbocycles. The first-order valence-electron chi connectivity index (χ1n) is 5.09. The first kappa shape index (κ1) is 10.6. The summed E-state index contributed by atoms with van der Waals surface area (Å²) in [5, 5.41) is 4.36. The zero-order chi connectivity index (χ0) is 10.9. The van der Waals surface area contributed by atoms with Crippen molar-refractivity contribution in [1.82, 2.24) is 10.3 Å². The van der Waals surface area contributed by atoms with Crippen LogP contribution in [0.5, 0.6) is 0 Å². The van der Waals surface area contributed by atoms with Crippen molar-refractivity contribution in [3.05, 3.63) is 16.1 Å². The fraction of sp³-hybridized carbons (Fsp3) is 0.600.